The van der Waals surface area contributed by atoms with Crippen LogP contribution in [0.25, 0.3) is 0 Å². The van der Waals surface area contributed by atoms with Crippen molar-refractivity contribution in [2.75, 3.05) is 0 Å². The van der Waals surface area contributed by atoms with E-state index in [0.717, 1.165) is 17.7 Å². The molecule has 0 atom stereocenters. The van der Waals surface area contributed by atoms with Gasteiger partial charge >= 0.3 is 0 Å². The quantitative estimate of drug-likeness (QED) is 0.534. The molecule has 0 saturated heterocycles. The van der Waals surface area contributed by atoms with Crippen LogP contribution in [0.2, 0.25) is 0 Å². The first kappa shape index (κ1) is 9.09. The third kappa shape index (κ3) is 1.99. The molecule has 12 heavy (non-hydrogen) atoms. The number of aryl methyl sites for hydroxylation is 1. The summed E-state index contributed by atoms with van der Waals surface area (Å²) in [4.78, 5) is 4.43. The number of hydroxylamine groups is 1. The van der Waals surface area contributed by atoms with Crippen LogP contribution in [-0.2, 0) is 6.42 Å². The highest BCUT2D eigenvalue weighted by Crippen LogP contribution is 2.02. The average molecular weight is 182 g/mol. The molecular formula is C8H10N2OS. The number of nitrogens with zero attached hydrogens (tertiary/aromatic N) is 1. The summed E-state index contributed by atoms with van der Waals surface area (Å²) < 4.78 is 0. The molecule has 0 bridgehead atoms. The van der Waals surface area contributed by atoms with Gasteiger partial charge in [0.2, 0.25) is 0 Å². The summed E-state index contributed by atoms with van der Waals surface area (Å²) in [5.74, 6) is 0. The zero-order valence-corrected chi connectivity index (χ0v) is 7.56. The van der Waals surface area contributed by atoms with E-state index in [-0.39, 0.29) is 0 Å². The minimum atomic E-state index is 0.326. The minimum Gasteiger partial charge on any atom is -0.290 e. The third-order valence-electron chi connectivity index (χ3n) is 1.54. The molecule has 1 heterocycles. The van der Waals surface area contributed by atoms with E-state index in [1.54, 1.807) is 12.3 Å². The highest BCUT2D eigenvalue weighted by Gasteiger charge is 1.99. The van der Waals surface area contributed by atoms with E-state index in [2.05, 4.69) is 4.98 Å². The lowest BCUT2D eigenvalue weighted by Gasteiger charge is -2.02. The van der Waals surface area contributed by atoms with Crippen LogP contribution >= 0.6 is 12.2 Å². The first-order valence-electron chi connectivity index (χ1n) is 3.67. The van der Waals surface area contributed by atoms with Crippen LogP contribution in [0.15, 0.2) is 18.3 Å². The first-order valence-corrected chi connectivity index (χ1v) is 4.08. The van der Waals surface area contributed by atoms with Crippen LogP contribution in [0, 0.1) is 0 Å². The molecule has 0 unspecified atom stereocenters. The number of hydrogen-bond donors (Lipinski definition) is 2. The summed E-state index contributed by atoms with van der Waals surface area (Å²) in [6.45, 7) is 2.02. The van der Waals surface area contributed by atoms with Gasteiger partial charge in [0.05, 0.1) is 0 Å². The summed E-state index contributed by atoms with van der Waals surface area (Å²) in [5.41, 5.74) is 3.69. The monoisotopic (exact) mass is 182 g/mol. The van der Waals surface area contributed by atoms with Crippen molar-refractivity contribution in [1.82, 2.24) is 10.5 Å². The van der Waals surface area contributed by atoms with Crippen molar-refractivity contribution < 1.29 is 5.21 Å². The zero-order chi connectivity index (χ0) is 8.97. The van der Waals surface area contributed by atoms with Crippen LogP contribution in [0.5, 0.6) is 0 Å². The van der Waals surface area contributed by atoms with Crippen molar-refractivity contribution >= 4 is 17.2 Å². The Morgan fingerprint density at radius 2 is 2.50 bits per heavy atom. The third-order valence-corrected chi connectivity index (χ3v) is 1.87. The fourth-order valence-corrected chi connectivity index (χ4v) is 1.00. The lowest BCUT2D eigenvalue weighted by atomic mass is 10.2. The van der Waals surface area contributed by atoms with Gasteiger partial charge in [-0.1, -0.05) is 19.1 Å². The van der Waals surface area contributed by atoms with Crippen LogP contribution < -0.4 is 5.48 Å². The van der Waals surface area contributed by atoms with Crippen LogP contribution in [0.4, 0.5) is 0 Å². The van der Waals surface area contributed by atoms with E-state index in [1.165, 1.54) is 0 Å². The molecule has 0 saturated carbocycles. The SMILES string of the molecule is CCc1cc(C(=S)NO)ccn1. The van der Waals surface area contributed by atoms with Crippen LogP contribution in [0.1, 0.15) is 18.2 Å². The van der Waals surface area contributed by atoms with E-state index >= 15 is 0 Å². The number of rotatable bonds is 2. The Morgan fingerprint density at radius 1 is 1.75 bits per heavy atom. The van der Waals surface area contributed by atoms with Crippen LogP contribution in [-0.4, -0.2) is 15.2 Å². The topological polar surface area (TPSA) is 45.1 Å². The van der Waals surface area contributed by atoms with Gasteiger partial charge in [0, 0.05) is 17.5 Å². The molecule has 1 aromatic heterocycles. The second-order valence-electron chi connectivity index (χ2n) is 2.33. The fourth-order valence-electron chi connectivity index (χ4n) is 0.877. The normalized spacial score (nSPS) is 9.50. The van der Waals surface area contributed by atoms with Gasteiger partial charge < -0.3 is 0 Å². The molecule has 0 aliphatic heterocycles. The van der Waals surface area contributed by atoms with Gasteiger partial charge in [-0.25, -0.2) is 0 Å². The van der Waals surface area contributed by atoms with E-state index in [9.17, 15) is 0 Å². The smallest absolute Gasteiger partial charge is 0.130 e. The lowest BCUT2D eigenvalue weighted by Crippen LogP contribution is -2.17. The maximum atomic E-state index is 8.54. The van der Waals surface area contributed by atoms with Crippen molar-refractivity contribution in [2.24, 2.45) is 0 Å². The summed E-state index contributed by atoms with van der Waals surface area (Å²) in [6, 6.07) is 3.61. The maximum absolute atomic E-state index is 8.54. The van der Waals surface area contributed by atoms with Gasteiger partial charge in [-0.05, 0) is 18.6 Å². The van der Waals surface area contributed by atoms with Crippen molar-refractivity contribution in [1.29, 1.82) is 0 Å². The molecule has 0 aromatic carbocycles. The average Bonchev–Trinajstić information content (AvgIpc) is 2.17. The predicted octanol–water partition coefficient (Wildman–Crippen LogP) is 1.30. The molecule has 0 radical (unpaired) electrons. The van der Waals surface area contributed by atoms with Gasteiger partial charge in [-0.15, -0.1) is 0 Å². The minimum absolute atomic E-state index is 0.326. The van der Waals surface area contributed by atoms with Gasteiger partial charge in [0.25, 0.3) is 0 Å². The number of hydrogen-bond acceptors (Lipinski definition) is 3. The number of thiocarbonyl (C=S) groups is 1. The molecule has 0 fully saturated rings. The van der Waals surface area contributed by atoms with Gasteiger partial charge in [0.15, 0.2) is 0 Å². The van der Waals surface area contributed by atoms with E-state index in [4.69, 9.17) is 17.4 Å². The second-order valence-corrected chi connectivity index (χ2v) is 2.74. The van der Waals surface area contributed by atoms with Gasteiger partial charge in [-0.2, -0.15) is 0 Å². The molecule has 0 aliphatic rings. The molecule has 0 amide bonds. The van der Waals surface area contributed by atoms with Crippen LogP contribution in [0.3, 0.4) is 0 Å². The molecular weight excluding hydrogens is 172 g/mol. The Bertz CT molecular complexity index is 288. The number of nitrogens with one attached hydrogen (secondary N) is 1. The Labute approximate surface area is 76.4 Å². The molecule has 1 rings (SSSR count). The fraction of sp³-hybridized carbons (Fsp3) is 0.250. The molecule has 4 heteroatoms. The predicted molar refractivity (Wildman–Crippen MR) is 50.2 cm³/mol. The van der Waals surface area contributed by atoms with E-state index < -0.39 is 0 Å². The highest BCUT2D eigenvalue weighted by molar-refractivity contribution is 7.80. The highest BCUT2D eigenvalue weighted by atomic mass is 32.1. The second kappa shape index (κ2) is 4.13. The largest absolute Gasteiger partial charge is 0.290 e. The Morgan fingerprint density at radius 3 is 3.08 bits per heavy atom. The lowest BCUT2D eigenvalue weighted by molar-refractivity contribution is 0.238. The molecule has 0 aliphatic carbocycles. The molecule has 0 spiro atoms. The van der Waals surface area contributed by atoms with Crippen molar-refractivity contribution in [2.45, 2.75) is 13.3 Å². The summed E-state index contributed by atoms with van der Waals surface area (Å²) in [7, 11) is 0. The Balaban J connectivity index is 2.93. The van der Waals surface area contributed by atoms with Gasteiger partial charge in [-0.3, -0.25) is 15.7 Å². The van der Waals surface area contributed by atoms with Crippen molar-refractivity contribution in [3.63, 3.8) is 0 Å². The summed E-state index contributed by atoms with van der Waals surface area (Å²) >= 11 is 4.84. The summed E-state index contributed by atoms with van der Waals surface area (Å²) in [5, 5.41) is 8.54. The first-order chi connectivity index (χ1) is 5.77. The van der Waals surface area contributed by atoms with E-state index in [0.29, 0.717) is 4.99 Å². The van der Waals surface area contributed by atoms with E-state index in [1.807, 2.05) is 18.5 Å². The summed E-state index contributed by atoms with van der Waals surface area (Å²) in [6.07, 6.45) is 2.54. The number of pyridine rings is 1. The molecule has 2 N–H and O–H groups in total. The Kier molecular flexibility index (Phi) is 3.13. The molecule has 64 valence electrons. The Hall–Kier alpha value is -1.00. The zero-order valence-electron chi connectivity index (χ0n) is 6.74. The number of aromatic nitrogens is 1. The van der Waals surface area contributed by atoms with Crippen molar-refractivity contribution in [3.8, 4) is 0 Å². The molecule has 3 nitrogen and oxygen atoms in total. The standard InChI is InChI=1S/C8H10N2OS/c1-2-7-5-6(3-4-9-7)8(12)10-11/h3-5,11H,2H2,1H3,(H,10,12). The molecule has 1 aromatic rings. The maximum Gasteiger partial charge on any atom is 0.130 e. The van der Waals surface area contributed by atoms with Crippen molar-refractivity contribution in [3.05, 3.63) is 29.6 Å². The van der Waals surface area contributed by atoms with Gasteiger partial charge in [0.1, 0.15) is 4.99 Å².